The summed E-state index contributed by atoms with van der Waals surface area (Å²) in [6, 6.07) is 6.70. The Morgan fingerprint density at radius 1 is 1.39 bits per heavy atom. The van der Waals surface area contributed by atoms with Gasteiger partial charge in [-0.15, -0.1) is 0 Å². The number of aromatic amines is 1. The molecule has 0 fully saturated rings. The minimum Gasteiger partial charge on any atom is -0.399 e. The predicted octanol–water partition coefficient (Wildman–Crippen LogP) is 1.13. The summed E-state index contributed by atoms with van der Waals surface area (Å²) in [5, 5.41) is 6.34. The van der Waals surface area contributed by atoms with Gasteiger partial charge in [0.05, 0.1) is 17.6 Å². The zero-order valence-corrected chi connectivity index (χ0v) is 10.9. The highest BCUT2D eigenvalue weighted by Gasteiger charge is 2.24. The number of hydrogen-bond acceptors (Lipinski definition) is 4. The maximum atomic E-state index is 12.4. The Balaban J connectivity index is 2.46. The standard InChI is InChI=1S/C11H14N4O2S/c1-8-11(7-13-14-8)18(16,17)15(2)10-5-3-4-9(12)6-10/h3-7H,12H2,1-2H3,(H,13,14). The number of rotatable bonds is 3. The van der Waals surface area contributed by atoms with Gasteiger partial charge in [0.15, 0.2) is 0 Å². The molecule has 1 heterocycles. The number of nitrogens with one attached hydrogen (secondary N) is 1. The van der Waals surface area contributed by atoms with Gasteiger partial charge >= 0.3 is 0 Å². The van der Waals surface area contributed by atoms with Gasteiger partial charge in [-0.25, -0.2) is 8.42 Å². The average molecular weight is 266 g/mol. The van der Waals surface area contributed by atoms with E-state index in [9.17, 15) is 8.42 Å². The summed E-state index contributed by atoms with van der Waals surface area (Å²) in [5.74, 6) is 0. The highest BCUT2D eigenvalue weighted by atomic mass is 32.2. The predicted molar refractivity (Wildman–Crippen MR) is 69.8 cm³/mol. The van der Waals surface area contributed by atoms with Crippen molar-refractivity contribution in [3.05, 3.63) is 36.2 Å². The largest absolute Gasteiger partial charge is 0.399 e. The van der Waals surface area contributed by atoms with Crippen molar-refractivity contribution in [2.75, 3.05) is 17.1 Å². The number of H-pyrrole nitrogens is 1. The fourth-order valence-corrected chi connectivity index (χ4v) is 2.91. The molecular weight excluding hydrogens is 252 g/mol. The normalized spacial score (nSPS) is 11.4. The highest BCUT2D eigenvalue weighted by Crippen LogP contribution is 2.24. The van der Waals surface area contributed by atoms with Crippen LogP contribution in [0.2, 0.25) is 0 Å². The Kier molecular flexibility index (Phi) is 3.00. The van der Waals surface area contributed by atoms with Crippen molar-refractivity contribution in [3.63, 3.8) is 0 Å². The van der Waals surface area contributed by atoms with E-state index in [4.69, 9.17) is 5.73 Å². The van der Waals surface area contributed by atoms with Crippen LogP contribution in [-0.2, 0) is 10.0 Å². The van der Waals surface area contributed by atoms with E-state index >= 15 is 0 Å². The first kappa shape index (κ1) is 12.4. The van der Waals surface area contributed by atoms with Gasteiger partial charge in [0.2, 0.25) is 0 Å². The van der Waals surface area contributed by atoms with Gasteiger partial charge in [0.1, 0.15) is 4.90 Å². The molecule has 0 aliphatic rings. The summed E-state index contributed by atoms with van der Waals surface area (Å²) in [7, 11) is -2.13. The van der Waals surface area contributed by atoms with Gasteiger partial charge in [-0.05, 0) is 25.1 Å². The lowest BCUT2D eigenvalue weighted by atomic mass is 10.3. The number of nitrogen functional groups attached to an aromatic ring is 1. The van der Waals surface area contributed by atoms with E-state index in [2.05, 4.69) is 10.2 Å². The van der Waals surface area contributed by atoms with E-state index in [1.807, 2.05) is 0 Å². The topological polar surface area (TPSA) is 92.1 Å². The summed E-state index contributed by atoms with van der Waals surface area (Å²) in [6.07, 6.45) is 1.30. The van der Waals surface area contributed by atoms with Crippen molar-refractivity contribution < 1.29 is 8.42 Å². The van der Waals surface area contributed by atoms with Crippen LogP contribution < -0.4 is 10.0 Å². The summed E-state index contributed by atoms with van der Waals surface area (Å²) in [5.41, 5.74) is 7.18. The lowest BCUT2D eigenvalue weighted by Crippen LogP contribution is -2.26. The van der Waals surface area contributed by atoms with Crippen LogP contribution in [0.4, 0.5) is 11.4 Å². The van der Waals surface area contributed by atoms with E-state index in [0.29, 0.717) is 17.1 Å². The van der Waals surface area contributed by atoms with Crippen molar-refractivity contribution in [1.29, 1.82) is 0 Å². The fourth-order valence-electron chi connectivity index (χ4n) is 1.61. The molecule has 0 saturated carbocycles. The molecule has 1 aromatic carbocycles. The molecule has 0 radical (unpaired) electrons. The zero-order chi connectivity index (χ0) is 13.3. The Bertz CT molecular complexity index is 663. The van der Waals surface area contributed by atoms with Crippen molar-refractivity contribution in [2.45, 2.75) is 11.8 Å². The third-order valence-corrected chi connectivity index (χ3v) is 4.56. The number of nitrogens with two attached hydrogens (primary N) is 1. The molecule has 3 N–H and O–H groups in total. The lowest BCUT2D eigenvalue weighted by Gasteiger charge is -2.19. The molecule has 7 heteroatoms. The summed E-state index contributed by atoms with van der Waals surface area (Å²) in [6.45, 7) is 1.66. The second kappa shape index (κ2) is 4.34. The Morgan fingerprint density at radius 2 is 2.11 bits per heavy atom. The number of sulfonamides is 1. The van der Waals surface area contributed by atoms with Crippen molar-refractivity contribution >= 4 is 21.4 Å². The summed E-state index contributed by atoms with van der Waals surface area (Å²) < 4.78 is 25.9. The van der Waals surface area contributed by atoms with Crippen LogP contribution in [0.25, 0.3) is 0 Å². The minimum atomic E-state index is -3.61. The van der Waals surface area contributed by atoms with Crippen LogP contribution in [0.5, 0.6) is 0 Å². The Morgan fingerprint density at radius 3 is 2.67 bits per heavy atom. The number of anilines is 2. The highest BCUT2D eigenvalue weighted by molar-refractivity contribution is 7.92. The van der Waals surface area contributed by atoms with E-state index in [1.54, 1.807) is 31.2 Å². The number of benzene rings is 1. The number of hydrogen-bond donors (Lipinski definition) is 2. The number of nitrogens with zero attached hydrogens (tertiary/aromatic N) is 2. The first-order valence-electron chi connectivity index (χ1n) is 5.27. The SMILES string of the molecule is Cc1[nH]ncc1S(=O)(=O)N(C)c1cccc(N)c1. The molecular formula is C11H14N4O2S. The second-order valence-electron chi connectivity index (χ2n) is 3.93. The van der Waals surface area contributed by atoms with Gasteiger partial charge in [-0.2, -0.15) is 5.10 Å². The molecule has 0 atom stereocenters. The van der Waals surface area contributed by atoms with E-state index in [0.717, 1.165) is 0 Å². The average Bonchev–Trinajstić information content (AvgIpc) is 2.75. The van der Waals surface area contributed by atoms with Crippen molar-refractivity contribution in [1.82, 2.24) is 10.2 Å². The quantitative estimate of drug-likeness (QED) is 0.814. The monoisotopic (exact) mass is 266 g/mol. The molecule has 0 amide bonds. The van der Waals surface area contributed by atoms with Gasteiger partial charge in [0, 0.05) is 12.7 Å². The van der Waals surface area contributed by atoms with Crippen molar-refractivity contribution in [3.8, 4) is 0 Å². The van der Waals surface area contributed by atoms with Gasteiger partial charge < -0.3 is 5.73 Å². The number of aromatic nitrogens is 2. The number of aryl methyl sites for hydroxylation is 1. The maximum absolute atomic E-state index is 12.4. The van der Waals surface area contributed by atoms with E-state index in [-0.39, 0.29) is 4.90 Å². The van der Waals surface area contributed by atoms with Crippen LogP contribution in [0.15, 0.2) is 35.4 Å². The summed E-state index contributed by atoms with van der Waals surface area (Å²) >= 11 is 0. The minimum absolute atomic E-state index is 0.160. The molecule has 0 bridgehead atoms. The molecule has 96 valence electrons. The molecule has 2 aromatic rings. The molecule has 2 rings (SSSR count). The zero-order valence-electron chi connectivity index (χ0n) is 10.1. The Labute approximate surface area is 105 Å². The third-order valence-electron chi connectivity index (χ3n) is 2.66. The molecule has 0 spiro atoms. The molecule has 18 heavy (non-hydrogen) atoms. The molecule has 0 aliphatic carbocycles. The van der Waals surface area contributed by atoms with Crippen LogP contribution >= 0.6 is 0 Å². The molecule has 1 aromatic heterocycles. The van der Waals surface area contributed by atoms with Crippen LogP contribution in [0.1, 0.15) is 5.69 Å². The van der Waals surface area contributed by atoms with Crippen LogP contribution in [-0.4, -0.2) is 25.7 Å². The fraction of sp³-hybridized carbons (Fsp3) is 0.182. The van der Waals surface area contributed by atoms with Crippen LogP contribution in [0, 0.1) is 6.92 Å². The van der Waals surface area contributed by atoms with Gasteiger partial charge in [-0.1, -0.05) is 6.07 Å². The van der Waals surface area contributed by atoms with Crippen molar-refractivity contribution in [2.24, 2.45) is 0 Å². The van der Waals surface area contributed by atoms with Gasteiger partial charge in [0.25, 0.3) is 10.0 Å². The smallest absolute Gasteiger partial charge is 0.267 e. The van der Waals surface area contributed by atoms with E-state index in [1.165, 1.54) is 17.5 Å². The lowest BCUT2D eigenvalue weighted by molar-refractivity contribution is 0.594. The second-order valence-corrected chi connectivity index (χ2v) is 5.86. The first-order chi connectivity index (χ1) is 8.43. The van der Waals surface area contributed by atoms with Crippen LogP contribution in [0.3, 0.4) is 0 Å². The molecule has 6 nitrogen and oxygen atoms in total. The third kappa shape index (κ3) is 2.04. The molecule has 0 unspecified atom stereocenters. The summed E-state index contributed by atoms with van der Waals surface area (Å²) in [4.78, 5) is 0.160. The van der Waals surface area contributed by atoms with E-state index < -0.39 is 10.0 Å². The van der Waals surface area contributed by atoms with Gasteiger partial charge in [-0.3, -0.25) is 9.40 Å². The molecule has 0 saturated heterocycles. The first-order valence-corrected chi connectivity index (χ1v) is 6.71. The Hall–Kier alpha value is -2.02. The molecule has 0 aliphatic heterocycles. The maximum Gasteiger partial charge on any atom is 0.267 e.